The number of nitrogen functional groups attached to an aromatic ring is 1. The number of benzene rings is 1. The number of carbonyl (C=O) groups is 2. The molecule has 1 rings (SSSR count). The van der Waals surface area contributed by atoms with Gasteiger partial charge < -0.3 is 21.3 Å². The first-order chi connectivity index (χ1) is 19.1. The molecule has 1 aromatic rings. The van der Waals surface area contributed by atoms with E-state index in [0.29, 0.717) is 29.8 Å². The number of carbonyl (C=O) groups excluding carboxylic acids is 1. The molecule has 0 saturated carbocycles. The second-order valence-electron chi connectivity index (χ2n) is 11.0. The number of para-hydroxylation sites is 1. The fourth-order valence-electron chi connectivity index (χ4n) is 4.81. The number of hydrogen-bond acceptors (Lipinski definition) is 6. The molecule has 1 unspecified atom stereocenters. The molecular weight excluding hydrogens is 514 g/mol. The predicted octanol–water partition coefficient (Wildman–Crippen LogP) is 7.97. The van der Waals surface area contributed by atoms with E-state index in [2.05, 4.69) is 6.58 Å². The summed E-state index contributed by atoms with van der Waals surface area (Å²) in [6.07, 6.45) is 7.26. The molecule has 1 atom stereocenters. The zero-order valence-electron chi connectivity index (χ0n) is 26.4. The number of rotatable bonds is 15. The van der Waals surface area contributed by atoms with Crippen molar-refractivity contribution in [3.05, 3.63) is 83.1 Å². The van der Waals surface area contributed by atoms with E-state index >= 15 is 0 Å². The second kappa shape index (κ2) is 15.2. The molecule has 0 aliphatic rings. The van der Waals surface area contributed by atoms with E-state index in [4.69, 9.17) is 21.2 Å². The molecule has 0 saturated heterocycles. The number of allylic oxidation sites excluding steroid dienone is 6. The Kier molecular flexibility index (Phi) is 13.0. The van der Waals surface area contributed by atoms with Crippen molar-refractivity contribution in [2.75, 3.05) is 5.73 Å². The highest BCUT2D eigenvalue weighted by molar-refractivity contribution is 6.24. The first kappa shape index (κ1) is 35.2. The summed E-state index contributed by atoms with van der Waals surface area (Å²) in [5.41, 5.74) is 15.7. The van der Waals surface area contributed by atoms with Gasteiger partial charge in [-0.25, -0.2) is 4.99 Å². The van der Waals surface area contributed by atoms with Crippen LogP contribution in [0.15, 0.2) is 82.6 Å². The smallest absolute Gasteiger partial charge is 0.309 e. The van der Waals surface area contributed by atoms with Crippen molar-refractivity contribution in [3.63, 3.8) is 0 Å². The first-order valence-electron chi connectivity index (χ1n) is 14.2. The summed E-state index contributed by atoms with van der Waals surface area (Å²) in [7, 11) is 0. The summed E-state index contributed by atoms with van der Waals surface area (Å²) in [5.74, 6) is -0.657. The molecule has 5 N–H and O–H groups in total. The molecule has 41 heavy (non-hydrogen) atoms. The van der Waals surface area contributed by atoms with Crippen LogP contribution in [0.3, 0.4) is 0 Å². The zero-order chi connectivity index (χ0) is 31.5. The molecule has 0 radical (unpaired) electrons. The van der Waals surface area contributed by atoms with Gasteiger partial charge in [0.2, 0.25) is 0 Å². The van der Waals surface area contributed by atoms with Crippen LogP contribution in [0.1, 0.15) is 93.6 Å². The lowest BCUT2D eigenvalue weighted by Crippen LogP contribution is -2.34. The molecule has 7 heteroatoms. The van der Waals surface area contributed by atoms with Gasteiger partial charge in [-0.3, -0.25) is 9.59 Å². The lowest BCUT2D eigenvalue weighted by atomic mass is 9.72. The van der Waals surface area contributed by atoms with Gasteiger partial charge in [-0.2, -0.15) is 0 Å². The minimum Gasteiger partial charge on any atom is -0.481 e. The Hall–Kier alpha value is -3.87. The van der Waals surface area contributed by atoms with Crippen LogP contribution < -0.4 is 11.5 Å². The van der Waals surface area contributed by atoms with E-state index in [1.807, 2.05) is 71.0 Å². The molecule has 0 aromatic heterocycles. The summed E-state index contributed by atoms with van der Waals surface area (Å²) in [6, 6.07) is 7.54. The largest absolute Gasteiger partial charge is 0.481 e. The summed E-state index contributed by atoms with van der Waals surface area (Å²) in [4.78, 5) is 30.2. The normalized spacial score (nSPS) is 15.6. The lowest BCUT2D eigenvalue weighted by Gasteiger charge is -2.33. The molecule has 1 aromatic carbocycles. The number of Topliss-reactive ketones (excluding diaryl/α,β-unsaturated/α-hetero) is 1. The maximum atomic E-state index is 13.7. The Morgan fingerprint density at radius 3 is 2.20 bits per heavy atom. The third-order valence-corrected chi connectivity index (χ3v) is 7.38. The van der Waals surface area contributed by atoms with Crippen LogP contribution in [-0.4, -0.2) is 22.6 Å². The quantitative estimate of drug-likeness (QED) is 0.0859. The van der Waals surface area contributed by atoms with Crippen molar-refractivity contribution < 1.29 is 19.4 Å². The Morgan fingerprint density at radius 2 is 1.71 bits per heavy atom. The van der Waals surface area contributed by atoms with Gasteiger partial charge in [0.15, 0.2) is 5.78 Å². The van der Waals surface area contributed by atoms with Crippen LogP contribution in [0.25, 0.3) is 5.57 Å². The van der Waals surface area contributed by atoms with Crippen LogP contribution in [0.4, 0.5) is 5.69 Å². The minimum atomic E-state index is -1.32. The van der Waals surface area contributed by atoms with E-state index in [1.54, 1.807) is 27.7 Å². The molecule has 0 heterocycles. The van der Waals surface area contributed by atoms with Crippen LogP contribution in [0.5, 0.6) is 0 Å². The summed E-state index contributed by atoms with van der Waals surface area (Å²) in [6.45, 7) is 20.7. The topological polar surface area (TPSA) is 128 Å². The summed E-state index contributed by atoms with van der Waals surface area (Å²) >= 11 is 0. The summed E-state index contributed by atoms with van der Waals surface area (Å²) < 4.78 is 6.06. The molecule has 0 bridgehead atoms. The van der Waals surface area contributed by atoms with Crippen molar-refractivity contribution in [2.45, 2.75) is 88.0 Å². The number of ketones is 1. The summed E-state index contributed by atoms with van der Waals surface area (Å²) in [5, 5.41) is 9.58. The Bertz CT molecular complexity index is 1290. The number of nitrogens with two attached hydrogens (primary N) is 2. The average molecular weight is 564 g/mol. The van der Waals surface area contributed by atoms with Gasteiger partial charge in [0.05, 0.1) is 11.7 Å². The molecule has 7 nitrogen and oxygen atoms in total. The molecule has 0 amide bonds. The number of aliphatic carboxylic acids is 1. The third kappa shape index (κ3) is 8.56. The Balaban J connectivity index is 3.81. The minimum absolute atomic E-state index is 0.131. The molecule has 0 fully saturated rings. The van der Waals surface area contributed by atoms with Crippen molar-refractivity contribution in [3.8, 4) is 0 Å². The first-order valence-corrected chi connectivity index (χ1v) is 14.2. The van der Waals surface area contributed by atoms with Gasteiger partial charge in [-0.05, 0) is 78.0 Å². The van der Waals surface area contributed by atoms with Gasteiger partial charge in [-0.15, -0.1) is 0 Å². The number of nitrogens with zero attached hydrogens (tertiary/aromatic N) is 1. The highest BCUT2D eigenvalue weighted by atomic mass is 16.5. The standard InChI is InChI=1S/C34H49N3O4/c1-11-17-22(5)30(31(36)37-23(6)26(13-3)27-18-15-16-19-28(27)35)34(10,29(38)14-4)24(7)41-21-25(12-2)20-33(8,9)32(39)40/h13,15-19,21H,7,11-12,14,20,35-36H2,1-6,8-10H3,(H,39,40)/b22-17+,25-21+,26-13?,31-30+,37-23+. The highest BCUT2D eigenvalue weighted by Gasteiger charge is 2.43. The maximum Gasteiger partial charge on any atom is 0.309 e. The maximum absolute atomic E-state index is 13.7. The SMILES string of the molecule is C=C(O/C=C(\CC)CC(C)(C)C(=O)O)C(C)(C(=O)CC)C(/C(C)=C/CC)=C(N)/N=C(\C)C(=CC)c1ccccc1N. The molecular formula is C34H49N3O4. The van der Waals surface area contributed by atoms with Crippen LogP contribution in [-0.2, 0) is 14.3 Å². The van der Waals surface area contributed by atoms with E-state index in [1.165, 1.54) is 6.26 Å². The fourth-order valence-corrected chi connectivity index (χ4v) is 4.81. The number of carboxylic acid groups (broad SMARTS) is 1. The van der Waals surface area contributed by atoms with Crippen molar-refractivity contribution in [1.29, 1.82) is 0 Å². The van der Waals surface area contributed by atoms with Gasteiger partial charge in [-0.1, -0.05) is 57.7 Å². The highest BCUT2D eigenvalue weighted by Crippen LogP contribution is 2.43. The van der Waals surface area contributed by atoms with E-state index in [0.717, 1.165) is 28.7 Å². The van der Waals surface area contributed by atoms with Crippen LogP contribution in [0.2, 0.25) is 0 Å². The second-order valence-corrected chi connectivity index (χ2v) is 11.0. The number of carboxylic acids is 1. The monoisotopic (exact) mass is 563 g/mol. The van der Waals surface area contributed by atoms with Crippen LogP contribution in [0, 0.1) is 10.8 Å². The lowest BCUT2D eigenvalue weighted by molar-refractivity contribution is -0.146. The fraction of sp³-hybridized carbons (Fsp3) is 0.441. The van der Waals surface area contributed by atoms with Gasteiger partial charge in [0.1, 0.15) is 17.0 Å². The van der Waals surface area contributed by atoms with E-state index in [-0.39, 0.29) is 23.8 Å². The average Bonchev–Trinajstić information content (AvgIpc) is 2.91. The number of ether oxygens (including phenoxy) is 1. The predicted molar refractivity (Wildman–Crippen MR) is 171 cm³/mol. The Morgan fingerprint density at radius 1 is 1.10 bits per heavy atom. The van der Waals surface area contributed by atoms with Gasteiger partial charge in [0, 0.05) is 34.5 Å². The molecule has 224 valence electrons. The number of aliphatic imine (C=N–C) groups is 1. The molecule has 0 aliphatic heterocycles. The van der Waals surface area contributed by atoms with Gasteiger partial charge in [0.25, 0.3) is 0 Å². The molecule has 0 spiro atoms. The number of anilines is 1. The van der Waals surface area contributed by atoms with Crippen molar-refractivity contribution >= 4 is 28.7 Å². The van der Waals surface area contributed by atoms with E-state index < -0.39 is 16.8 Å². The van der Waals surface area contributed by atoms with E-state index in [9.17, 15) is 14.7 Å². The van der Waals surface area contributed by atoms with Gasteiger partial charge >= 0.3 is 5.97 Å². The van der Waals surface area contributed by atoms with Crippen molar-refractivity contribution in [2.24, 2.45) is 21.6 Å². The molecule has 0 aliphatic carbocycles. The zero-order valence-corrected chi connectivity index (χ0v) is 26.4. The number of hydrogen-bond donors (Lipinski definition) is 3. The van der Waals surface area contributed by atoms with Crippen molar-refractivity contribution in [1.82, 2.24) is 0 Å². The van der Waals surface area contributed by atoms with Crippen LogP contribution >= 0.6 is 0 Å². The third-order valence-electron chi connectivity index (χ3n) is 7.38. The Labute approximate surface area is 246 Å².